The number of nitrogens with two attached hydrogens (primary N) is 1. The van der Waals surface area contributed by atoms with Crippen LogP contribution in [0.25, 0.3) is 10.8 Å². The molecular weight excluding hydrogens is 242 g/mol. The molecule has 0 aromatic heterocycles. The molecule has 2 rings (SSSR count). The number of benzene rings is 2. The van der Waals surface area contributed by atoms with Gasteiger partial charge in [-0.2, -0.15) is 5.26 Å². The second kappa shape index (κ2) is 5.74. The number of carbonyl (C=O) groups excluding carboxylic acids is 1. The van der Waals surface area contributed by atoms with E-state index < -0.39 is 6.09 Å². The lowest BCUT2D eigenvalue weighted by atomic mass is 10.0. The number of nitrogens with one attached hydrogen (secondary N) is 1. The van der Waals surface area contributed by atoms with Crippen molar-refractivity contribution in [1.29, 1.82) is 5.26 Å². The number of ether oxygens (including phenoxy) is 1. The molecule has 2 aromatic rings. The highest BCUT2D eigenvalue weighted by molar-refractivity contribution is 5.97. The van der Waals surface area contributed by atoms with Gasteiger partial charge in [-0.05, 0) is 12.1 Å². The lowest BCUT2D eigenvalue weighted by molar-refractivity contribution is 0.161. The minimum Gasteiger partial charge on any atom is -0.448 e. The Labute approximate surface area is 110 Å². The van der Waals surface area contributed by atoms with Crippen LogP contribution in [0.15, 0.2) is 36.4 Å². The number of anilines is 1. The molecule has 0 saturated carbocycles. The lowest BCUT2D eigenvalue weighted by Crippen LogP contribution is -2.18. The van der Waals surface area contributed by atoms with Crippen LogP contribution in [0.2, 0.25) is 0 Å². The molecule has 0 fully saturated rings. The molecule has 0 aliphatic rings. The summed E-state index contributed by atoms with van der Waals surface area (Å²) in [5.74, 6) is 0. The van der Waals surface area contributed by atoms with Gasteiger partial charge in [0.15, 0.2) is 0 Å². The largest absolute Gasteiger partial charge is 0.448 e. The van der Waals surface area contributed by atoms with E-state index in [1.165, 1.54) is 0 Å². The van der Waals surface area contributed by atoms with Gasteiger partial charge in [0, 0.05) is 23.0 Å². The van der Waals surface area contributed by atoms with Crippen molar-refractivity contribution >= 4 is 22.6 Å². The van der Waals surface area contributed by atoms with E-state index in [-0.39, 0.29) is 6.61 Å². The number of nitrogens with zero attached hydrogens (tertiary/aromatic N) is 1. The number of nitriles is 1. The molecule has 5 nitrogen and oxygen atoms in total. The summed E-state index contributed by atoms with van der Waals surface area (Å²) in [7, 11) is 0. The van der Waals surface area contributed by atoms with E-state index in [1.807, 2.05) is 30.3 Å². The third-order valence-electron chi connectivity index (χ3n) is 2.71. The monoisotopic (exact) mass is 255 g/mol. The zero-order valence-electron chi connectivity index (χ0n) is 10.2. The molecule has 0 radical (unpaired) electrons. The molecule has 5 heteroatoms. The van der Waals surface area contributed by atoms with Gasteiger partial charge in [0.05, 0.1) is 11.6 Å². The van der Waals surface area contributed by atoms with Gasteiger partial charge in [-0.1, -0.05) is 24.3 Å². The molecule has 0 atom stereocenters. The maximum atomic E-state index is 10.4. The van der Waals surface area contributed by atoms with Crippen molar-refractivity contribution in [2.75, 3.05) is 18.5 Å². The molecule has 0 aliphatic heterocycles. The number of hydrogen-bond donors (Lipinski definition) is 2. The molecule has 0 bridgehead atoms. The fourth-order valence-electron chi connectivity index (χ4n) is 1.89. The second-order valence-corrected chi connectivity index (χ2v) is 3.91. The Kier molecular flexibility index (Phi) is 3.84. The summed E-state index contributed by atoms with van der Waals surface area (Å²) in [6.07, 6.45) is -0.786. The van der Waals surface area contributed by atoms with Gasteiger partial charge in [-0.25, -0.2) is 4.79 Å². The lowest BCUT2D eigenvalue weighted by Gasteiger charge is -2.10. The summed E-state index contributed by atoms with van der Waals surface area (Å²) < 4.78 is 4.64. The third kappa shape index (κ3) is 2.93. The van der Waals surface area contributed by atoms with Crippen LogP contribution in [0, 0.1) is 11.3 Å². The Balaban J connectivity index is 2.20. The summed E-state index contributed by atoms with van der Waals surface area (Å²) in [5.41, 5.74) is 6.40. The minimum absolute atomic E-state index is 0.198. The van der Waals surface area contributed by atoms with Crippen LogP contribution < -0.4 is 11.1 Å². The van der Waals surface area contributed by atoms with Crippen LogP contribution in [0.3, 0.4) is 0 Å². The Morgan fingerprint density at radius 2 is 2.00 bits per heavy atom. The van der Waals surface area contributed by atoms with E-state index in [1.54, 1.807) is 6.07 Å². The Morgan fingerprint density at radius 3 is 2.68 bits per heavy atom. The van der Waals surface area contributed by atoms with Crippen molar-refractivity contribution in [2.45, 2.75) is 0 Å². The fraction of sp³-hybridized carbons (Fsp3) is 0.143. The molecule has 3 N–H and O–H groups in total. The van der Waals surface area contributed by atoms with Gasteiger partial charge in [0.2, 0.25) is 0 Å². The van der Waals surface area contributed by atoms with Gasteiger partial charge in [-0.3, -0.25) is 0 Å². The topological polar surface area (TPSA) is 88.1 Å². The molecule has 19 heavy (non-hydrogen) atoms. The first kappa shape index (κ1) is 12.7. The molecule has 0 aliphatic carbocycles. The van der Waals surface area contributed by atoms with E-state index in [4.69, 9.17) is 11.0 Å². The highest BCUT2D eigenvalue weighted by atomic mass is 16.5. The summed E-state index contributed by atoms with van der Waals surface area (Å²) in [6.45, 7) is 0.655. The minimum atomic E-state index is -0.786. The number of primary amides is 1. The predicted molar refractivity (Wildman–Crippen MR) is 72.7 cm³/mol. The fourth-order valence-corrected chi connectivity index (χ4v) is 1.89. The highest BCUT2D eigenvalue weighted by Gasteiger charge is 2.04. The third-order valence-corrected chi connectivity index (χ3v) is 2.71. The molecule has 0 unspecified atom stereocenters. The number of hydrogen-bond acceptors (Lipinski definition) is 4. The van der Waals surface area contributed by atoms with Crippen LogP contribution in [0.5, 0.6) is 0 Å². The van der Waals surface area contributed by atoms with Crippen LogP contribution in [0.4, 0.5) is 10.5 Å². The maximum absolute atomic E-state index is 10.4. The van der Waals surface area contributed by atoms with Gasteiger partial charge >= 0.3 is 6.09 Å². The van der Waals surface area contributed by atoms with Crippen molar-refractivity contribution in [2.24, 2.45) is 5.73 Å². The van der Waals surface area contributed by atoms with Crippen molar-refractivity contribution in [3.05, 3.63) is 42.0 Å². The zero-order valence-corrected chi connectivity index (χ0v) is 10.2. The van der Waals surface area contributed by atoms with E-state index in [0.717, 1.165) is 16.5 Å². The zero-order chi connectivity index (χ0) is 13.7. The van der Waals surface area contributed by atoms with Crippen LogP contribution in [0.1, 0.15) is 5.56 Å². The van der Waals surface area contributed by atoms with Crippen LogP contribution >= 0.6 is 0 Å². The molecule has 0 heterocycles. The number of fused-ring (bicyclic) bond motifs is 1. The number of rotatable bonds is 4. The van der Waals surface area contributed by atoms with Gasteiger partial charge in [0.1, 0.15) is 6.61 Å². The Hall–Kier alpha value is -2.74. The van der Waals surface area contributed by atoms with Crippen molar-refractivity contribution in [3.8, 4) is 6.07 Å². The average molecular weight is 255 g/mol. The normalized spacial score (nSPS) is 9.84. The molecule has 1 amide bonds. The summed E-state index contributed by atoms with van der Waals surface area (Å²) in [4.78, 5) is 10.4. The quantitative estimate of drug-likeness (QED) is 0.820. The van der Waals surface area contributed by atoms with E-state index in [0.29, 0.717) is 12.1 Å². The van der Waals surface area contributed by atoms with E-state index in [2.05, 4.69) is 16.1 Å². The summed E-state index contributed by atoms with van der Waals surface area (Å²) in [6, 6.07) is 13.4. The van der Waals surface area contributed by atoms with E-state index in [9.17, 15) is 4.79 Å². The Bertz CT molecular complexity index is 647. The standard InChI is InChI=1S/C14H13N3O2/c15-9-10-5-6-13(17-7-8-19-14(16)18)12-4-2-1-3-11(10)12/h1-6,17H,7-8H2,(H2,16,18). The molecule has 0 saturated heterocycles. The number of amides is 1. The van der Waals surface area contributed by atoms with Gasteiger partial charge < -0.3 is 15.8 Å². The Morgan fingerprint density at radius 1 is 1.26 bits per heavy atom. The predicted octanol–water partition coefficient (Wildman–Crippen LogP) is 2.22. The number of carbonyl (C=O) groups is 1. The first-order chi connectivity index (χ1) is 9.22. The van der Waals surface area contributed by atoms with Crippen LogP contribution in [-0.4, -0.2) is 19.2 Å². The molecule has 2 aromatic carbocycles. The van der Waals surface area contributed by atoms with Crippen LogP contribution in [-0.2, 0) is 4.74 Å². The van der Waals surface area contributed by atoms with Crippen molar-refractivity contribution in [3.63, 3.8) is 0 Å². The SMILES string of the molecule is N#Cc1ccc(NCCOC(N)=O)c2ccccc12. The second-order valence-electron chi connectivity index (χ2n) is 3.91. The van der Waals surface area contributed by atoms with Crippen molar-refractivity contribution in [1.82, 2.24) is 0 Å². The van der Waals surface area contributed by atoms with Crippen molar-refractivity contribution < 1.29 is 9.53 Å². The van der Waals surface area contributed by atoms with Gasteiger partial charge in [-0.15, -0.1) is 0 Å². The molecular formula is C14H13N3O2. The summed E-state index contributed by atoms with van der Waals surface area (Å²) in [5, 5.41) is 14.1. The highest BCUT2D eigenvalue weighted by Crippen LogP contribution is 2.26. The smallest absolute Gasteiger partial charge is 0.404 e. The van der Waals surface area contributed by atoms with E-state index >= 15 is 0 Å². The van der Waals surface area contributed by atoms with Gasteiger partial charge in [0.25, 0.3) is 0 Å². The molecule has 0 spiro atoms. The summed E-state index contributed by atoms with van der Waals surface area (Å²) >= 11 is 0. The first-order valence-electron chi connectivity index (χ1n) is 5.80. The maximum Gasteiger partial charge on any atom is 0.404 e. The molecule has 96 valence electrons. The average Bonchev–Trinajstić information content (AvgIpc) is 2.43. The first-order valence-corrected chi connectivity index (χ1v) is 5.80.